The van der Waals surface area contributed by atoms with Crippen molar-refractivity contribution in [1.29, 1.82) is 0 Å². The van der Waals surface area contributed by atoms with Gasteiger partial charge in [-0.3, -0.25) is 0 Å². The molecule has 110 valence electrons. The van der Waals surface area contributed by atoms with Crippen molar-refractivity contribution in [1.82, 2.24) is 15.6 Å². The second kappa shape index (κ2) is 5.40. The molecule has 0 bridgehead atoms. The van der Waals surface area contributed by atoms with Crippen molar-refractivity contribution in [3.05, 3.63) is 15.6 Å². The molecule has 20 heavy (non-hydrogen) atoms. The van der Waals surface area contributed by atoms with Crippen molar-refractivity contribution in [2.75, 3.05) is 6.54 Å². The molecule has 1 fully saturated rings. The molecule has 1 atom stereocenters. The number of nitrogens with one attached hydrogen (secondary N) is 2. The van der Waals surface area contributed by atoms with Gasteiger partial charge in [0.1, 0.15) is 9.88 Å². The Morgan fingerprint density at radius 1 is 1.45 bits per heavy atom. The number of aryl methyl sites for hydroxylation is 1. The highest BCUT2D eigenvalue weighted by molar-refractivity contribution is 7.13. The van der Waals surface area contributed by atoms with Crippen LogP contribution in [0.2, 0.25) is 0 Å². The number of thiazole rings is 1. The molecule has 0 aliphatic heterocycles. The number of nitrogens with zero attached hydrogens (tertiary/aromatic N) is 1. The van der Waals surface area contributed by atoms with Crippen molar-refractivity contribution in [2.45, 2.75) is 33.7 Å². The number of carboxylic acid groups (broad SMARTS) is 1. The average molecular weight is 297 g/mol. The van der Waals surface area contributed by atoms with E-state index < -0.39 is 5.97 Å². The zero-order valence-electron chi connectivity index (χ0n) is 11.8. The number of aromatic carboxylic acids is 1. The summed E-state index contributed by atoms with van der Waals surface area (Å²) in [7, 11) is 0. The lowest BCUT2D eigenvalue weighted by Gasteiger charge is -2.07. The van der Waals surface area contributed by atoms with Gasteiger partial charge in [0.15, 0.2) is 0 Å². The molecule has 1 saturated carbocycles. The Kier molecular flexibility index (Phi) is 3.99. The number of aromatic nitrogens is 1. The normalized spacial score (nSPS) is 19.4. The van der Waals surface area contributed by atoms with Crippen molar-refractivity contribution in [2.24, 2.45) is 11.3 Å². The number of amides is 2. The third-order valence-electron chi connectivity index (χ3n) is 3.66. The molecule has 1 aliphatic carbocycles. The zero-order valence-corrected chi connectivity index (χ0v) is 12.6. The molecule has 2 rings (SSSR count). The molecule has 1 heterocycles. The van der Waals surface area contributed by atoms with Crippen LogP contribution in [0.1, 0.15) is 40.6 Å². The summed E-state index contributed by atoms with van der Waals surface area (Å²) in [5.74, 6) is -0.430. The molecule has 0 aromatic carbocycles. The molecule has 3 N–H and O–H groups in total. The van der Waals surface area contributed by atoms with Crippen molar-refractivity contribution in [3.63, 3.8) is 0 Å². The van der Waals surface area contributed by atoms with Crippen LogP contribution in [-0.4, -0.2) is 28.6 Å². The lowest BCUT2D eigenvalue weighted by atomic mass is 10.1. The predicted octanol–water partition coefficient (Wildman–Crippen LogP) is 2.00. The molecule has 6 nitrogen and oxygen atoms in total. The highest BCUT2D eigenvalue weighted by Gasteiger charge is 2.45. The lowest BCUT2D eigenvalue weighted by molar-refractivity contribution is 0.0701. The first-order valence-electron chi connectivity index (χ1n) is 6.51. The Morgan fingerprint density at radius 3 is 2.60 bits per heavy atom. The van der Waals surface area contributed by atoms with Crippen LogP contribution in [0.25, 0.3) is 0 Å². The third kappa shape index (κ3) is 3.47. The first kappa shape index (κ1) is 14.8. The summed E-state index contributed by atoms with van der Waals surface area (Å²) < 4.78 is 0. The number of hydrogen-bond acceptors (Lipinski definition) is 4. The monoisotopic (exact) mass is 297 g/mol. The molecule has 1 aromatic rings. The van der Waals surface area contributed by atoms with Crippen LogP contribution in [0.3, 0.4) is 0 Å². The maximum atomic E-state index is 11.6. The summed E-state index contributed by atoms with van der Waals surface area (Å²) in [6.07, 6.45) is 1.14. The Bertz CT molecular complexity index is 539. The minimum absolute atomic E-state index is 0.224. The highest BCUT2D eigenvalue weighted by Crippen LogP contribution is 2.50. The molecule has 1 unspecified atom stereocenters. The van der Waals surface area contributed by atoms with Crippen molar-refractivity contribution in [3.8, 4) is 0 Å². The quantitative estimate of drug-likeness (QED) is 0.775. The van der Waals surface area contributed by atoms with E-state index in [-0.39, 0.29) is 17.5 Å². The van der Waals surface area contributed by atoms with Crippen LogP contribution < -0.4 is 10.6 Å². The summed E-state index contributed by atoms with van der Waals surface area (Å²) in [6.45, 7) is 6.94. The molecular formula is C13H19N3O3S. The second-order valence-electron chi connectivity index (χ2n) is 5.78. The number of rotatable bonds is 5. The van der Waals surface area contributed by atoms with Crippen molar-refractivity contribution < 1.29 is 14.7 Å². The fraction of sp³-hybridized carbons (Fsp3) is 0.615. The third-order valence-corrected chi connectivity index (χ3v) is 4.81. The van der Waals surface area contributed by atoms with Crippen LogP contribution in [-0.2, 0) is 6.54 Å². The van der Waals surface area contributed by atoms with Gasteiger partial charge in [-0.1, -0.05) is 13.8 Å². The number of carbonyl (C=O) groups is 2. The van der Waals surface area contributed by atoms with E-state index in [1.165, 1.54) is 0 Å². The van der Waals surface area contributed by atoms with Gasteiger partial charge in [0.05, 0.1) is 12.2 Å². The highest BCUT2D eigenvalue weighted by atomic mass is 32.1. The molecule has 1 aliphatic rings. The van der Waals surface area contributed by atoms with E-state index in [0.29, 0.717) is 28.6 Å². The summed E-state index contributed by atoms with van der Waals surface area (Å²) in [4.78, 5) is 26.9. The largest absolute Gasteiger partial charge is 0.477 e. The Labute approximate surface area is 121 Å². The van der Waals surface area contributed by atoms with Gasteiger partial charge in [-0.2, -0.15) is 0 Å². The van der Waals surface area contributed by atoms with E-state index in [0.717, 1.165) is 17.8 Å². The van der Waals surface area contributed by atoms with Gasteiger partial charge in [0.25, 0.3) is 0 Å². The fourth-order valence-electron chi connectivity index (χ4n) is 2.09. The molecule has 2 amide bonds. The molecule has 0 saturated heterocycles. The van der Waals surface area contributed by atoms with E-state index in [2.05, 4.69) is 29.5 Å². The number of carbonyl (C=O) groups excluding carboxylic acids is 1. The summed E-state index contributed by atoms with van der Waals surface area (Å²) in [5, 5.41) is 15.0. The van der Waals surface area contributed by atoms with Gasteiger partial charge >= 0.3 is 12.0 Å². The van der Waals surface area contributed by atoms with Crippen LogP contribution in [0, 0.1) is 18.3 Å². The van der Waals surface area contributed by atoms with Gasteiger partial charge < -0.3 is 15.7 Å². The van der Waals surface area contributed by atoms with Crippen LogP contribution >= 0.6 is 11.3 Å². The summed E-state index contributed by atoms with van der Waals surface area (Å²) >= 11 is 1.09. The van der Waals surface area contributed by atoms with Gasteiger partial charge in [0.2, 0.25) is 0 Å². The minimum Gasteiger partial charge on any atom is -0.477 e. The Hall–Kier alpha value is -1.63. The topological polar surface area (TPSA) is 91.3 Å². The van der Waals surface area contributed by atoms with E-state index in [4.69, 9.17) is 5.11 Å². The fourth-order valence-corrected chi connectivity index (χ4v) is 2.93. The summed E-state index contributed by atoms with van der Waals surface area (Å²) in [6, 6.07) is -0.238. The SMILES string of the molecule is Cc1nc(CNC(=O)NCC2CC2(C)C)sc1C(=O)O. The van der Waals surface area contributed by atoms with Crippen LogP contribution in [0.15, 0.2) is 0 Å². The first-order chi connectivity index (χ1) is 9.29. The van der Waals surface area contributed by atoms with Gasteiger partial charge in [-0.05, 0) is 24.7 Å². The molecule has 7 heteroatoms. The Balaban J connectivity index is 1.76. The van der Waals surface area contributed by atoms with Gasteiger partial charge in [-0.15, -0.1) is 11.3 Å². The van der Waals surface area contributed by atoms with E-state index in [9.17, 15) is 9.59 Å². The van der Waals surface area contributed by atoms with E-state index in [1.54, 1.807) is 6.92 Å². The first-order valence-corrected chi connectivity index (χ1v) is 7.32. The number of carboxylic acids is 1. The van der Waals surface area contributed by atoms with Gasteiger partial charge in [0, 0.05) is 6.54 Å². The van der Waals surface area contributed by atoms with Crippen molar-refractivity contribution >= 4 is 23.3 Å². The minimum atomic E-state index is -0.980. The van der Waals surface area contributed by atoms with Gasteiger partial charge in [-0.25, -0.2) is 14.6 Å². The molecule has 0 radical (unpaired) electrons. The van der Waals surface area contributed by atoms with E-state index >= 15 is 0 Å². The molecule has 1 aromatic heterocycles. The predicted molar refractivity (Wildman–Crippen MR) is 75.9 cm³/mol. The molecular weight excluding hydrogens is 278 g/mol. The van der Waals surface area contributed by atoms with Crippen LogP contribution in [0.4, 0.5) is 4.79 Å². The average Bonchev–Trinajstić information content (AvgIpc) is 2.79. The van der Waals surface area contributed by atoms with E-state index in [1.807, 2.05) is 0 Å². The maximum absolute atomic E-state index is 11.6. The second-order valence-corrected chi connectivity index (χ2v) is 6.86. The Morgan fingerprint density at radius 2 is 2.10 bits per heavy atom. The zero-order chi connectivity index (χ0) is 14.9. The number of hydrogen-bond donors (Lipinski definition) is 3. The smallest absolute Gasteiger partial charge is 0.347 e. The number of urea groups is 1. The standard InChI is InChI=1S/C13H19N3O3S/c1-7-10(11(17)18)20-9(16-7)6-15-12(19)14-5-8-4-13(8,2)3/h8H,4-6H2,1-3H3,(H,17,18)(H2,14,15,19). The summed E-state index contributed by atoms with van der Waals surface area (Å²) in [5.41, 5.74) is 0.829. The van der Waals surface area contributed by atoms with Crippen LogP contribution in [0.5, 0.6) is 0 Å². The maximum Gasteiger partial charge on any atom is 0.347 e. The lowest BCUT2D eigenvalue weighted by Crippen LogP contribution is -2.36. The molecule has 0 spiro atoms.